The van der Waals surface area contributed by atoms with Gasteiger partial charge in [0.1, 0.15) is 36.3 Å². The summed E-state index contributed by atoms with van der Waals surface area (Å²) < 4.78 is 60.6. The minimum Gasteiger partial charge on any atom is -0.756 e. The molecule has 1 saturated heterocycles. The van der Waals surface area contributed by atoms with E-state index in [2.05, 4.69) is 43.5 Å². The molecule has 0 bridgehead atoms. The number of amides is 2. The number of phosphoric ester groups is 3. The van der Waals surface area contributed by atoms with Crippen molar-refractivity contribution in [2.45, 2.75) is 70.4 Å². The number of thioether (sulfide) groups is 1. The van der Waals surface area contributed by atoms with Crippen LogP contribution in [0.25, 0.3) is 11.2 Å². The van der Waals surface area contributed by atoms with Gasteiger partial charge >= 0.3 is 56.6 Å². The first-order chi connectivity index (χ1) is 24.9. The molecule has 3 heterocycles. The zero-order chi connectivity index (χ0) is 40.6. The molecule has 5 unspecified atom stereocenters. The standard InChI is InChI=1S/C25H42N7O18P3S.3Li/c1-13(33)8-16(35)54-7-6-27-15(34)4-5-28-23(38)20(37)25(2,3)10-47-53(44,45)50-52(42,43)46-9-14-19(49-51(39,40)41)18(36)24(48-14)32-12-31-17-21(26)29-11-30-22(17)32;;;/h11-14,18-20,24,33,36-37H,4-10H2,1-3H3,(H,27,34)(H,28,38)(H,42,43)(H,44,45)(H2,26,29,30)(H2,39,40,41);;;/q;3*+1/p-3/t13?,14-,18-,19-,20?,24-;;;/m1.../s1. The quantitative estimate of drug-likeness (QED) is 0.0348. The van der Waals surface area contributed by atoms with E-state index in [-0.39, 0.29) is 110 Å². The molecule has 1 aliphatic heterocycles. The van der Waals surface area contributed by atoms with Crippen LogP contribution in [0.15, 0.2) is 12.7 Å². The second-order valence-electron chi connectivity index (χ2n) is 12.3. The number of nitrogens with one attached hydrogen (secondary N) is 2. The number of ether oxygens (including phenoxy) is 1. The molecule has 8 N–H and O–H groups in total. The van der Waals surface area contributed by atoms with Crippen LogP contribution in [-0.2, 0) is 50.7 Å². The van der Waals surface area contributed by atoms with E-state index >= 15 is 0 Å². The number of nitrogens with two attached hydrogens (primary N) is 1. The average molecular weight is 871 g/mol. The normalized spacial score (nSPS) is 22.3. The molecular weight excluding hydrogens is 832 g/mol. The van der Waals surface area contributed by atoms with E-state index in [1.165, 1.54) is 20.8 Å². The number of hydrogen-bond donors (Lipinski definition) is 7. The van der Waals surface area contributed by atoms with Gasteiger partial charge in [-0.1, -0.05) is 25.6 Å². The second-order valence-corrected chi connectivity index (χ2v) is 17.5. The maximum absolute atomic E-state index is 12.5. The fourth-order valence-electron chi connectivity index (χ4n) is 4.58. The van der Waals surface area contributed by atoms with Crippen molar-refractivity contribution in [3.05, 3.63) is 12.7 Å². The van der Waals surface area contributed by atoms with Crippen LogP contribution >= 0.6 is 35.2 Å². The smallest absolute Gasteiger partial charge is 0.756 e. The van der Waals surface area contributed by atoms with Crippen molar-refractivity contribution in [2.75, 3.05) is 37.8 Å². The summed E-state index contributed by atoms with van der Waals surface area (Å²) >= 11 is 0.929. The van der Waals surface area contributed by atoms with E-state index in [1.54, 1.807) is 0 Å². The summed E-state index contributed by atoms with van der Waals surface area (Å²) in [6.07, 6.45) is -8.27. The number of rotatable bonds is 21. The number of phosphoric acid groups is 3. The molecule has 2 aromatic heterocycles. The number of aliphatic hydroxyl groups is 3. The minimum atomic E-state index is -5.90. The molecule has 0 saturated carbocycles. The predicted molar refractivity (Wildman–Crippen MR) is 177 cm³/mol. The van der Waals surface area contributed by atoms with Crippen molar-refractivity contribution in [1.29, 1.82) is 0 Å². The Hall–Kier alpha value is -0.688. The molecule has 0 aliphatic carbocycles. The fourth-order valence-corrected chi connectivity index (χ4v) is 8.11. The van der Waals surface area contributed by atoms with Crippen LogP contribution in [0.3, 0.4) is 0 Å². The van der Waals surface area contributed by atoms with Gasteiger partial charge in [0.05, 0.1) is 25.6 Å². The molecule has 2 amide bonds. The number of imidazole rings is 1. The number of nitrogen functional groups attached to an aromatic ring is 1. The Morgan fingerprint density at radius 1 is 1.05 bits per heavy atom. The van der Waals surface area contributed by atoms with Gasteiger partial charge in [-0.15, -0.1) is 0 Å². The van der Waals surface area contributed by atoms with Crippen LogP contribution in [0.2, 0.25) is 0 Å². The topological polar surface area (TPSA) is 392 Å². The molecule has 32 heteroatoms. The van der Waals surface area contributed by atoms with E-state index in [0.717, 1.165) is 29.0 Å². The van der Waals surface area contributed by atoms with E-state index in [0.29, 0.717) is 0 Å². The number of aliphatic hydroxyl groups excluding tert-OH is 3. The SMILES string of the molecule is CC(O)CC(=O)SCCNC(=O)CCNC(=O)C(O)C(C)(C)COP(=O)([O-])OP(=O)([O-])OC[C@H]1O[C@@H](n2cnc3c(N)ncnc32)[C@H](O)[C@@H]1OP(=O)([O-])O.[Li+].[Li+].[Li+]. The van der Waals surface area contributed by atoms with Crippen LogP contribution in [-0.4, -0.2) is 119 Å². The first-order valence-corrected chi connectivity index (χ1v) is 21.0. The number of aromatic nitrogens is 4. The van der Waals surface area contributed by atoms with E-state index < -0.39 is 90.7 Å². The van der Waals surface area contributed by atoms with Crippen molar-refractivity contribution in [3.63, 3.8) is 0 Å². The summed E-state index contributed by atoms with van der Waals surface area (Å²) in [6.45, 7) is 1.48. The number of anilines is 1. The number of carbonyl (C=O) groups excluding carboxylic acids is 3. The van der Waals surface area contributed by atoms with Gasteiger partial charge in [-0.25, -0.2) is 19.3 Å². The van der Waals surface area contributed by atoms with Gasteiger partial charge in [0.25, 0.3) is 23.5 Å². The summed E-state index contributed by atoms with van der Waals surface area (Å²) in [6, 6.07) is 0. The van der Waals surface area contributed by atoms with Crippen LogP contribution in [0.5, 0.6) is 0 Å². The molecular formula is C25H39Li3N7O18P3S. The van der Waals surface area contributed by atoms with Gasteiger partial charge in [-0.3, -0.25) is 32.6 Å². The van der Waals surface area contributed by atoms with Crippen molar-refractivity contribution in [2.24, 2.45) is 5.41 Å². The van der Waals surface area contributed by atoms with Crippen LogP contribution in [0.1, 0.15) is 39.8 Å². The Bertz CT molecular complexity index is 1800. The van der Waals surface area contributed by atoms with Crippen LogP contribution in [0, 0.1) is 5.41 Å². The summed E-state index contributed by atoms with van der Waals surface area (Å²) in [5, 5.41) is 35.0. The average Bonchev–Trinajstić information content (AvgIpc) is 3.60. The first kappa shape index (κ1) is 56.3. The molecule has 1 fully saturated rings. The fraction of sp³-hybridized carbons (Fsp3) is 0.680. The van der Waals surface area contributed by atoms with Crippen LogP contribution < -0.4 is 87.6 Å². The van der Waals surface area contributed by atoms with Crippen molar-refractivity contribution < 1.29 is 142 Å². The number of fused-ring (bicyclic) bond motifs is 1. The molecule has 306 valence electrons. The minimum absolute atomic E-state index is 0. The third kappa shape index (κ3) is 18.1. The van der Waals surface area contributed by atoms with E-state index in [4.69, 9.17) is 10.5 Å². The van der Waals surface area contributed by atoms with Gasteiger partial charge in [-0.05, 0) is 6.92 Å². The molecule has 2 aromatic rings. The van der Waals surface area contributed by atoms with Gasteiger partial charge < -0.3 is 69.6 Å². The van der Waals surface area contributed by atoms with Gasteiger partial charge in [0.15, 0.2) is 22.8 Å². The zero-order valence-corrected chi connectivity index (χ0v) is 35.2. The maximum Gasteiger partial charge on any atom is 1.00 e. The van der Waals surface area contributed by atoms with Crippen molar-refractivity contribution >= 4 is 69.1 Å². The molecule has 3 rings (SSSR count). The molecule has 9 atom stereocenters. The third-order valence-corrected chi connectivity index (χ3v) is 11.1. The Morgan fingerprint density at radius 3 is 2.30 bits per heavy atom. The second kappa shape index (κ2) is 24.1. The van der Waals surface area contributed by atoms with Crippen LogP contribution in [0.4, 0.5) is 5.82 Å². The van der Waals surface area contributed by atoms with Crippen molar-refractivity contribution in [1.82, 2.24) is 30.2 Å². The Balaban J connectivity index is 0.0000105. The predicted octanol–water partition coefficient (Wildman–Crippen LogP) is -12.4. The number of hydrogen-bond acceptors (Lipinski definition) is 22. The number of nitrogens with zero attached hydrogens (tertiary/aromatic N) is 4. The summed E-state index contributed by atoms with van der Waals surface area (Å²) in [4.78, 5) is 93.3. The largest absolute Gasteiger partial charge is 1.00 e. The molecule has 1 aliphatic rings. The molecule has 57 heavy (non-hydrogen) atoms. The Morgan fingerprint density at radius 2 is 1.68 bits per heavy atom. The third-order valence-electron chi connectivity index (χ3n) is 7.21. The molecule has 0 radical (unpaired) electrons. The summed E-state index contributed by atoms with van der Waals surface area (Å²) in [5.41, 5.74) is 4.08. The van der Waals surface area contributed by atoms with Gasteiger partial charge in [-0.2, -0.15) is 0 Å². The maximum atomic E-state index is 12.5. The molecule has 25 nitrogen and oxygen atoms in total. The van der Waals surface area contributed by atoms with E-state index in [9.17, 15) is 63.0 Å². The van der Waals surface area contributed by atoms with Gasteiger partial charge in [0, 0.05) is 37.1 Å². The first-order valence-electron chi connectivity index (χ1n) is 15.6. The summed E-state index contributed by atoms with van der Waals surface area (Å²) in [7, 11) is -17.3. The number of carbonyl (C=O) groups is 3. The summed E-state index contributed by atoms with van der Waals surface area (Å²) in [5.74, 6) is -1.34. The molecule has 0 spiro atoms. The van der Waals surface area contributed by atoms with E-state index in [1.807, 2.05) is 0 Å². The Kier molecular flexibility index (Phi) is 23.8. The monoisotopic (exact) mass is 871 g/mol. The molecule has 0 aromatic carbocycles. The van der Waals surface area contributed by atoms with Gasteiger partial charge in [0.2, 0.25) is 11.8 Å². The Labute approximate surface area is 365 Å². The van der Waals surface area contributed by atoms with Crippen molar-refractivity contribution in [3.8, 4) is 0 Å². The zero-order valence-electron chi connectivity index (χ0n) is 31.7.